The zero-order valence-electron chi connectivity index (χ0n) is 8.07. The van der Waals surface area contributed by atoms with Crippen LogP contribution in [0.3, 0.4) is 0 Å². The fraction of sp³-hybridized carbons (Fsp3) is 0.556. The highest BCUT2D eigenvalue weighted by molar-refractivity contribution is 5.32. The van der Waals surface area contributed by atoms with Crippen molar-refractivity contribution >= 4 is 5.82 Å². The molecule has 1 heterocycles. The molecule has 0 amide bonds. The number of nitrogens with zero attached hydrogens (tertiary/aromatic N) is 2. The Balaban J connectivity index is 2.41. The Hall–Kier alpha value is -1.16. The lowest BCUT2D eigenvalue weighted by atomic mass is 10.1. The molecule has 0 aliphatic heterocycles. The van der Waals surface area contributed by atoms with Crippen LogP contribution in [0.1, 0.15) is 20.3 Å². The second kappa shape index (κ2) is 4.77. The molecular formula is C9H16N4. The molecule has 13 heavy (non-hydrogen) atoms. The van der Waals surface area contributed by atoms with Crippen molar-refractivity contribution < 1.29 is 0 Å². The van der Waals surface area contributed by atoms with E-state index in [0.29, 0.717) is 6.04 Å². The molecule has 1 aromatic rings. The average molecular weight is 180 g/mol. The van der Waals surface area contributed by atoms with Crippen LogP contribution >= 0.6 is 0 Å². The van der Waals surface area contributed by atoms with Crippen LogP contribution in [-0.2, 0) is 0 Å². The first kappa shape index (κ1) is 9.92. The van der Waals surface area contributed by atoms with Gasteiger partial charge in [0.05, 0.1) is 0 Å². The summed E-state index contributed by atoms with van der Waals surface area (Å²) in [6.45, 7) is 4.09. The summed E-state index contributed by atoms with van der Waals surface area (Å²) in [5.41, 5.74) is 5.67. The largest absolute Gasteiger partial charge is 0.367 e. The minimum absolute atomic E-state index is 0.212. The van der Waals surface area contributed by atoms with Crippen LogP contribution in [0.5, 0.6) is 0 Å². The smallest absolute Gasteiger partial charge is 0.129 e. The third-order valence-electron chi connectivity index (χ3n) is 1.70. The number of rotatable bonds is 4. The fourth-order valence-electron chi connectivity index (χ4n) is 1.25. The highest BCUT2D eigenvalue weighted by Crippen LogP contribution is 2.04. The van der Waals surface area contributed by atoms with Crippen LogP contribution in [0, 0.1) is 0 Å². The van der Waals surface area contributed by atoms with Gasteiger partial charge in [-0.05, 0) is 26.3 Å². The van der Waals surface area contributed by atoms with Crippen molar-refractivity contribution in [1.29, 1.82) is 0 Å². The highest BCUT2D eigenvalue weighted by Gasteiger charge is 2.04. The summed E-state index contributed by atoms with van der Waals surface area (Å²) in [6.07, 6.45) is 4.18. The molecule has 4 heteroatoms. The monoisotopic (exact) mass is 180 g/mol. The Bertz CT molecular complexity index is 235. The summed E-state index contributed by atoms with van der Waals surface area (Å²) in [4.78, 5) is 7.90. The van der Waals surface area contributed by atoms with E-state index in [1.807, 2.05) is 13.0 Å². The van der Waals surface area contributed by atoms with E-state index in [1.54, 1.807) is 6.20 Å². The maximum atomic E-state index is 5.67. The molecule has 0 spiro atoms. The molecule has 2 unspecified atom stereocenters. The van der Waals surface area contributed by atoms with Gasteiger partial charge in [-0.15, -0.1) is 0 Å². The lowest BCUT2D eigenvalue weighted by Crippen LogP contribution is -2.26. The number of nitrogens with one attached hydrogen (secondary N) is 1. The van der Waals surface area contributed by atoms with Crippen molar-refractivity contribution in [2.24, 2.45) is 5.73 Å². The van der Waals surface area contributed by atoms with Crippen molar-refractivity contribution in [2.75, 3.05) is 5.32 Å². The quantitative estimate of drug-likeness (QED) is 0.726. The van der Waals surface area contributed by atoms with E-state index in [9.17, 15) is 0 Å². The molecule has 0 bridgehead atoms. The molecule has 72 valence electrons. The summed E-state index contributed by atoms with van der Waals surface area (Å²) in [7, 11) is 0. The van der Waals surface area contributed by atoms with Gasteiger partial charge in [0.1, 0.15) is 12.1 Å². The molecule has 4 nitrogen and oxygen atoms in total. The van der Waals surface area contributed by atoms with Gasteiger partial charge in [0.25, 0.3) is 0 Å². The van der Waals surface area contributed by atoms with E-state index < -0.39 is 0 Å². The van der Waals surface area contributed by atoms with Gasteiger partial charge in [0.15, 0.2) is 0 Å². The summed E-state index contributed by atoms with van der Waals surface area (Å²) < 4.78 is 0. The molecule has 0 saturated heterocycles. The van der Waals surface area contributed by atoms with Gasteiger partial charge in [0, 0.05) is 18.3 Å². The molecule has 0 fully saturated rings. The number of nitrogens with two attached hydrogens (primary N) is 1. The van der Waals surface area contributed by atoms with E-state index in [2.05, 4.69) is 22.2 Å². The van der Waals surface area contributed by atoms with Crippen molar-refractivity contribution in [2.45, 2.75) is 32.4 Å². The van der Waals surface area contributed by atoms with Gasteiger partial charge in [-0.25, -0.2) is 9.97 Å². The maximum absolute atomic E-state index is 5.67. The van der Waals surface area contributed by atoms with Gasteiger partial charge in [0.2, 0.25) is 0 Å². The Morgan fingerprint density at radius 2 is 2.31 bits per heavy atom. The molecule has 0 aromatic carbocycles. The van der Waals surface area contributed by atoms with Crippen LogP contribution in [0.4, 0.5) is 5.82 Å². The Labute approximate surface area is 78.6 Å². The minimum Gasteiger partial charge on any atom is -0.367 e. The lowest BCUT2D eigenvalue weighted by Gasteiger charge is -2.15. The number of hydrogen-bond acceptors (Lipinski definition) is 4. The molecule has 0 aliphatic carbocycles. The second-order valence-electron chi connectivity index (χ2n) is 3.35. The third-order valence-corrected chi connectivity index (χ3v) is 1.70. The van der Waals surface area contributed by atoms with E-state index in [0.717, 1.165) is 12.2 Å². The molecule has 1 aromatic heterocycles. The van der Waals surface area contributed by atoms with Crippen LogP contribution < -0.4 is 11.1 Å². The van der Waals surface area contributed by atoms with E-state index in [1.165, 1.54) is 6.33 Å². The van der Waals surface area contributed by atoms with Gasteiger partial charge >= 0.3 is 0 Å². The number of hydrogen-bond donors (Lipinski definition) is 2. The topological polar surface area (TPSA) is 63.8 Å². The van der Waals surface area contributed by atoms with Gasteiger partial charge < -0.3 is 11.1 Å². The second-order valence-corrected chi connectivity index (χ2v) is 3.35. The third kappa shape index (κ3) is 3.85. The molecule has 0 saturated carbocycles. The zero-order valence-corrected chi connectivity index (χ0v) is 8.07. The van der Waals surface area contributed by atoms with Crippen molar-refractivity contribution in [3.63, 3.8) is 0 Å². The van der Waals surface area contributed by atoms with Gasteiger partial charge in [-0.2, -0.15) is 0 Å². The summed E-state index contributed by atoms with van der Waals surface area (Å²) in [6, 6.07) is 2.40. The number of aromatic nitrogens is 2. The fourth-order valence-corrected chi connectivity index (χ4v) is 1.25. The van der Waals surface area contributed by atoms with Crippen LogP contribution in [0.2, 0.25) is 0 Å². The summed E-state index contributed by atoms with van der Waals surface area (Å²) in [5.74, 6) is 0.850. The SMILES string of the molecule is CC(N)CC(C)Nc1ccncn1. The predicted octanol–water partition coefficient (Wildman–Crippen LogP) is 1.01. The Kier molecular flexibility index (Phi) is 3.64. The van der Waals surface area contributed by atoms with E-state index in [4.69, 9.17) is 5.73 Å². The summed E-state index contributed by atoms with van der Waals surface area (Å²) in [5, 5.41) is 3.24. The van der Waals surface area contributed by atoms with Gasteiger partial charge in [-0.3, -0.25) is 0 Å². The normalized spacial score (nSPS) is 15.0. The summed E-state index contributed by atoms with van der Waals surface area (Å²) >= 11 is 0. The first-order valence-electron chi connectivity index (χ1n) is 4.46. The Morgan fingerprint density at radius 1 is 1.54 bits per heavy atom. The van der Waals surface area contributed by atoms with Crippen LogP contribution in [-0.4, -0.2) is 22.1 Å². The van der Waals surface area contributed by atoms with Crippen LogP contribution in [0.25, 0.3) is 0 Å². The molecular weight excluding hydrogens is 164 g/mol. The molecule has 0 aliphatic rings. The predicted molar refractivity (Wildman–Crippen MR) is 53.4 cm³/mol. The zero-order chi connectivity index (χ0) is 9.68. The van der Waals surface area contributed by atoms with E-state index >= 15 is 0 Å². The first-order valence-corrected chi connectivity index (χ1v) is 4.46. The molecule has 1 rings (SSSR count). The highest BCUT2D eigenvalue weighted by atomic mass is 15.0. The lowest BCUT2D eigenvalue weighted by molar-refractivity contribution is 0.603. The minimum atomic E-state index is 0.212. The standard InChI is InChI=1S/C9H16N4/c1-7(10)5-8(2)13-9-3-4-11-6-12-9/h3-4,6-8H,5,10H2,1-2H3,(H,11,12,13). The van der Waals surface area contributed by atoms with Crippen LogP contribution in [0.15, 0.2) is 18.6 Å². The number of anilines is 1. The average Bonchev–Trinajstić information content (AvgIpc) is 2.04. The van der Waals surface area contributed by atoms with Gasteiger partial charge in [-0.1, -0.05) is 0 Å². The molecule has 0 radical (unpaired) electrons. The molecule has 2 atom stereocenters. The maximum Gasteiger partial charge on any atom is 0.129 e. The van der Waals surface area contributed by atoms with Crippen molar-refractivity contribution in [1.82, 2.24) is 9.97 Å². The molecule has 3 N–H and O–H groups in total. The van der Waals surface area contributed by atoms with Crippen molar-refractivity contribution in [3.05, 3.63) is 18.6 Å². The van der Waals surface area contributed by atoms with Crippen molar-refractivity contribution in [3.8, 4) is 0 Å². The Morgan fingerprint density at radius 3 is 2.85 bits per heavy atom. The first-order chi connectivity index (χ1) is 6.18. The van der Waals surface area contributed by atoms with E-state index in [-0.39, 0.29) is 6.04 Å².